The molecule has 4 N–H and O–H groups in total. The molecule has 0 aliphatic heterocycles. The Morgan fingerprint density at radius 3 is 2.65 bits per heavy atom. The van der Waals surface area contributed by atoms with Crippen molar-refractivity contribution in [1.29, 1.82) is 0 Å². The Balaban J connectivity index is 1.85. The first-order valence-corrected chi connectivity index (χ1v) is 6.70. The summed E-state index contributed by atoms with van der Waals surface area (Å²) < 4.78 is 0. The lowest BCUT2D eigenvalue weighted by atomic mass is 10.0. The Hall–Kier alpha value is -2.14. The highest BCUT2D eigenvalue weighted by Gasteiger charge is 2.12. The molecule has 0 spiro atoms. The minimum atomic E-state index is -0.121. The quantitative estimate of drug-likeness (QED) is 0.781. The predicted octanol–water partition coefficient (Wildman–Crippen LogP) is 2.45. The zero-order valence-corrected chi connectivity index (χ0v) is 11.8. The maximum absolute atomic E-state index is 11.9. The summed E-state index contributed by atoms with van der Waals surface area (Å²) in [6.07, 6.45) is 0.986. The molecule has 2 aromatic rings. The second-order valence-electron chi connectivity index (χ2n) is 4.93. The Bertz CT molecular complexity index is 577. The number of amides is 1. The fraction of sp³-hybridized carbons (Fsp3) is 0.333. The lowest BCUT2D eigenvalue weighted by molar-refractivity contribution is -0.116. The van der Waals surface area contributed by atoms with Crippen molar-refractivity contribution in [3.63, 3.8) is 0 Å². The maximum atomic E-state index is 11.9. The Labute approximate surface area is 118 Å². The molecule has 5 heteroatoms. The van der Waals surface area contributed by atoms with E-state index in [1.165, 1.54) is 0 Å². The Morgan fingerprint density at radius 2 is 2.05 bits per heavy atom. The first-order chi connectivity index (χ1) is 9.58. The number of nitrogens with one attached hydrogen (secondary N) is 2. The van der Waals surface area contributed by atoms with Crippen molar-refractivity contribution in [2.45, 2.75) is 32.7 Å². The topological polar surface area (TPSA) is 83.8 Å². The second-order valence-corrected chi connectivity index (χ2v) is 4.93. The van der Waals surface area contributed by atoms with Gasteiger partial charge in [0.25, 0.3) is 0 Å². The van der Waals surface area contributed by atoms with E-state index in [2.05, 4.69) is 15.5 Å². The first kappa shape index (κ1) is 14.3. The Kier molecular flexibility index (Phi) is 4.53. The fourth-order valence-corrected chi connectivity index (χ4v) is 1.95. The van der Waals surface area contributed by atoms with Gasteiger partial charge in [-0.2, -0.15) is 5.10 Å². The molecule has 0 fully saturated rings. The van der Waals surface area contributed by atoms with Crippen molar-refractivity contribution in [3.8, 4) is 0 Å². The van der Waals surface area contributed by atoms with Crippen LogP contribution in [0.2, 0.25) is 0 Å². The fourth-order valence-electron chi connectivity index (χ4n) is 1.95. The second kappa shape index (κ2) is 6.34. The lowest BCUT2D eigenvalue weighted by Crippen LogP contribution is -2.17. The molecule has 0 aliphatic rings. The van der Waals surface area contributed by atoms with Gasteiger partial charge in [0.15, 0.2) is 5.82 Å². The van der Waals surface area contributed by atoms with Gasteiger partial charge in [-0.1, -0.05) is 30.3 Å². The number of nitrogens with two attached hydrogens (primary N) is 1. The minimum Gasteiger partial charge on any atom is -0.324 e. The predicted molar refractivity (Wildman–Crippen MR) is 79.3 cm³/mol. The molecule has 0 saturated carbocycles. The van der Waals surface area contributed by atoms with Crippen molar-refractivity contribution in [2.75, 3.05) is 5.32 Å². The highest BCUT2D eigenvalue weighted by molar-refractivity contribution is 5.90. The van der Waals surface area contributed by atoms with E-state index < -0.39 is 0 Å². The van der Waals surface area contributed by atoms with Crippen molar-refractivity contribution in [1.82, 2.24) is 10.2 Å². The average molecular weight is 272 g/mol. The van der Waals surface area contributed by atoms with Gasteiger partial charge in [0, 0.05) is 23.7 Å². The number of rotatable bonds is 5. The van der Waals surface area contributed by atoms with Gasteiger partial charge in [-0.25, -0.2) is 0 Å². The average Bonchev–Trinajstić information content (AvgIpc) is 2.78. The molecule has 1 unspecified atom stereocenters. The molecular formula is C15H20N4O. The standard InChI is InChI=1S/C15H20N4O/c1-10-11(2)18-19-15(10)17-14(20)9-8-13(16)12-6-4-3-5-7-12/h3-7,13H,8-9,16H2,1-2H3,(H2,17,18,19,20). The molecule has 0 saturated heterocycles. The minimum absolute atomic E-state index is 0.0639. The van der Waals surface area contributed by atoms with Gasteiger partial charge in [0.1, 0.15) is 0 Å². The summed E-state index contributed by atoms with van der Waals surface area (Å²) in [5, 5.41) is 9.70. The summed E-state index contributed by atoms with van der Waals surface area (Å²) in [5.74, 6) is 0.534. The molecule has 2 rings (SSSR count). The van der Waals surface area contributed by atoms with Crippen molar-refractivity contribution in [3.05, 3.63) is 47.2 Å². The van der Waals surface area contributed by atoms with Crippen LogP contribution in [0.1, 0.15) is 35.7 Å². The summed E-state index contributed by atoms with van der Waals surface area (Å²) in [6, 6.07) is 9.68. The normalized spacial score (nSPS) is 12.2. The summed E-state index contributed by atoms with van der Waals surface area (Å²) in [4.78, 5) is 11.9. The van der Waals surface area contributed by atoms with Gasteiger partial charge in [0.2, 0.25) is 5.91 Å². The molecule has 1 aromatic heterocycles. The summed E-state index contributed by atoms with van der Waals surface area (Å²) in [5.41, 5.74) is 9.04. The van der Waals surface area contributed by atoms with Crippen molar-refractivity contribution in [2.24, 2.45) is 5.73 Å². The molecule has 1 heterocycles. The van der Waals surface area contributed by atoms with E-state index in [9.17, 15) is 4.79 Å². The number of hydrogen-bond donors (Lipinski definition) is 3. The first-order valence-electron chi connectivity index (χ1n) is 6.70. The van der Waals surface area contributed by atoms with Crippen LogP contribution in [0.15, 0.2) is 30.3 Å². The van der Waals surface area contributed by atoms with Crippen LogP contribution >= 0.6 is 0 Å². The van der Waals surface area contributed by atoms with Crippen LogP contribution in [-0.4, -0.2) is 16.1 Å². The SMILES string of the molecule is Cc1[nH]nc(NC(=O)CCC(N)c2ccccc2)c1C. The number of aromatic amines is 1. The zero-order valence-electron chi connectivity index (χ0n) is 11.8. The number of anilines is 1. The van der Waals surface area contributed by atoms with Gasteiger partial charge < -0.3 is 11.1 Å². The van der Waals surface area contributed by atoms with Gasteiger partial charge in [-0.3, -0.25) is 9.89 Å². The number of nitrogens with zero attached hydrogens (tertiary/aromatic N) is 1. The number of aromatic nitrogens is 2. The van der Waals surface area contributed by atoms with Crippen molar-refractivity contribution >= 4 is 11.7 Å². The van der Waals surface area contributed by atoms with Crippen LogP contribution in [0.4, 0.5) is 5.82 Å². The molecule has 1 aromatic carbocycles. The molecule has 0 aliphatic carbocycles. The Morgan fingerprint density at radius 1 is 1.35 bits per heavy atom. The van der Waals surface area contributed by atoms with E-state index >= 15 is 0 Å². The molecule has 1 atom stereocenters. The smallest absolute Gasteiger partial charge is 0.225 e. The van der Waals surface area contributed by atoms with E-state index in [4.69, 9.17) is 5.73 Å². The molecule has 20 heavy (non-hydrogen) atoms. The zero-order chi connectivity index (χ0) is 14.5. The van der Waals surface area contributed by atoms with Crippen LogP contribution in [0, 0.1) is 13.8 Å². The van der Waals surface area contributed by atoms with E-state index in [0.29, 0.717) is 18.7 Å². The van der Waals surface area contributed by atoms with Crippen LogP contribution in [0.5, 0.6) is 0 Å². The van der Waals surface area contributed by atoms with Crippen LogP contribution < -0.4 is 11.1 Å². The van der Waals surface area contributed by atoms with Gasteiger partial charge in [0.05, 0.1) is 0 Å². The monoisotopic (exact) mass is 272 g/mol. The van der Waals surface area contributed by atoms with E-state index in [0.717, 1.165) is 16.8 Å². The van der Waals surface area contributed by atoms with E-state index in [1.54, 1.807) is 0 Å². The number of benzene rings is 1. The molecule has 0 radical (unpaired) electrons. The molecule has 106 valence electrons. The third-order valence-electron chi connectivity index (χ3n) is 3.42. The number of hydrogen-bond acceptors (Lipinski definition) is 3. The van der Waals surface area contributed by atoms with E-state index in [-0.39, 0.29) is 11.9 Å². The van der Waals surface area contributed by atoms with E-state index in [1.807, 2.05) is 44.2 Å². The highest BCUT2D eigenvalue weighted by Crippen LogP contribution is 2.17. The van der Waals surface area contributed by atoms with Gasteiger partial charge >= 0.3 is 0 Å². The molecular weight excluding hydrogens is 252 g/mol. The molecule has 1 amide bonds. The largest absolute Gasteiger partial charge is 0.324 e. The summed E-state index contributed by atoms with van der Waals surface area (Å²) >= 11 is 0. The molecule has 5 nitrogen and oxygen atoms in total. The number of carbonyl (C=O) groups is 1. The van der Waals surface area contributed by atoms with Gasteiger partial charge in [-0.05, 0) is 25.8 Å². The van der Waals surface area contributed by atoms with Crippen LogP contribution in [0.3, 0.4) is 0 Å². The summed E-state index contributed by atoms with van der Waals surface area (Å²) in [7, 11) is 0. The molecule has 0 bridgehead atoms. The van der Waals surface area contributed by atoms with Crippen molar-refractivity contribution < 1.29 is 4.79 Å². The number of carbonyl (C=O) groups excluding carboxylic acids is 1. The van der Waals surface area contributed by atoms with Gasteiger partial charge in [-0.15, -0.1) is 0 Å². The summed E-state index contributed by atoms with van der Waals surface area (Å²) in [6.45, 7) is 3.84. The van der Waals surface area contributed by atoms with Crippen LogP contribution in [0.25, 0.3) is 0 Å². The maximum Gasteiger partial charge on any atom is 0.225 e. The lowest BCUT2D eigenvalue weighted by Gasteiger charge is -2.11. The third kappa shape index (κ3) is 3.45. The highest BCUT2D eigenvalue weighted by atomic mass is 16.1. The number of aryl methyl sites for hydroxylation is 1. The van der Waals surface area contributed by atoms with Crippen LogP contribution in [-0.2, 0) is 4.79 Å². The third-order valence-corrected chi connectivity index (χ3v) is 3.42. The number of H-pyrrole nitrogens is 1.